The van der Waals surface area contributed by atoms with Crippen molar-refractivity contribution >= 4 is 11.9 Å². The van der Waals surface area contributed by atoms with Gasteiger partial charge in [-0.05, 0) is 43.6 Å². The number of likely N-dealkylation sites (tertiary alicyclic amines) is 1. The first kappa shape index (κ1) is 16.3. The van der Waals surface area contributed by atoms with Crippen molar-refractivity contribution in [3.8, 4) is 6.07 Å². The highest BCUT2D eigenvalue weighted by molar-refractivity contribution is 5.79. The van der Waals surface area contributed by atoms with Gasteiger partial charge in [-0.1, -0.05) is 0 Å². The van der Waals surface area contributed by atoms with E-state index in [4.69, 9.17) is 5.26 Å². The van der Waals surface area contributed by atoms with E-state index in [1.165, 1.54) is 12.8 Å². The van der Waals surface area contributed by atoms with Gasteiger partial charge in [0.15, 0.2) is 0 Å². The van der Waals surface area contributed by atoms with E-state index in [0.29, 0.717) is 24.4 Å². The van der Waals surface area contributed by atoms with Crippen LogP contribution >= 0.6 is 0 Å². The summed E-state index contributed by atoms with van der Waals surface area (Å²) in [6, 6.07) is 4.23. The van der Waals surface area contributed by atoms with Gasteiger partial charge in [-0.25, -0.2) is 9.97 Å². The minimum Gasteiger partial charge on any atom is -0.340 e. The molecule has 1 amide bonds. The molecule has 2 aliphatic heterocycles. The van der Waals surface area contributed by atoms with Crippen molar-refractivity contribution in [1.82, 2.24) is 20.2 Å². The van der Waals surface area contributed by atoms with Crippen LogP contribution in [0, 0.1) is 23.2 Å². The van der Waals surface area contributed by atoms with Gasteiger partial charge in [0, 0.05) is 38.1 Å². The summed E-state index contributed by atoms with van der Waals surface area (Å²) in [5.41, 5.74) is 0. The van der Waals surface area contributed by atoms with Gasteiger partial charge in [-0.2, -0.15) is 5.26 Å². The summed E-state index contributed by atoms with van der Waals surface area (Å²) in [6.07, 6.45) is 7.69. The molecule has 0 spiro atoms. The fourth-order valence-electron chi connectivity index (χ4n) is 4.68. The Kier molecular flexibility index (Phi) is 4.53. The van der Waals surface area contributed by atoms with Gasteiger partial charge in [0.2, 0.25) is 11.9 Å². The lowest BCUT2D eigenvalue weighted by Gasteiger charge is -2.38. The van der Waals surface area contributed by atoms with Crippen molar-refractivity contribution in [2.24, 2.45) is 11.8 Å². The van der Waals surface area contributed by atoms with Crippen LogP contribution in [-0.4, -0.2) is 59.0 Å². The zero-order chi connectivity index (χ0) is 17.2. The van der Waals surface area contributed by atoms with Crippen LogP contribution in [-0.2, 0) is 4.79 Å². The normalized spacial score (nSPS) is 31.2. The topological polar surface area (TPSA) is 85.2 Å². The molecule has 0 radical (unpaired) electrons. The van der Waals surface area contributed by atoms with Crippen LogP contribution in [0.2, 0.25) is 0 Å². The number of piperidine rings is 1. The van der Waals surface area contributed by atoms with Crippen LogP contribution in [0.15, 0.2) is 18.5 Å². The molecule has 0 aromatic carbocycles. The molecule has 7 nitrogen and oxygen atoms in total. The Bertz CT molecular complexity index is 645. The molecule has 2 unspecified atom stereocenters. The molecule has 7 heteroatoms. The average molecular weight is 340 g/mol. The van der Waals surface area contributed by atoms with Gasteiger partial charge < -0.3 is 15.1 Å². The lowest BCUT2D eigenvalue weighted by molar-refractivity contribution is -0.130. The average Bonchev–Trinajstić information content (AvgIpc) is 3.22. The standard InChI is InChI=1S/C18H24N6O/c19-9-15-3-1-8-24(15)16(25)10-22-17-13-4-5-14(17)12-23(11-13)18-20-6-2-7-21-18/h2,6-7,13-15,17,22H,1,3-5,8,10-12H2/t13?,14?,15-,17?/m0/s1. The highest BCUT2D eigenvalue weighted by Gasteiger charge is 2.42. The second-order valence-electron chi connectivity index (χ2n) is 7.33. The van der Waals surface area contributed by atoms with E-state index in [1.54, 1.807) is 17.3 Å². The SMILES string of the molecule is N#C[C@@H]1CCCN1C(=O)CNC1C2CCC1CN(c1ncccn1)C2. The molecule has 1 aliphatic carbocycles. The summed E-state index contributed by atoms with van der Waals surface area (Å²) in [5.74, 6) is 1.93. The first-order valence-electron chi connectivity index (χ1n) is 9.20. The number of nitrogens with zero attached hydrogens (tertiary/aromatic N) is 5. The van der Waals surface area contributed by atoms with Crippen LogP contribution in [0.1, 0.15) is 25.7 Å². The summed E-state index contributed by atoms with van der Waals surface area (Å²) < 4.78 is 0. The Balaban J connectivity index is 1.34. The second kappa shape index (κ2) is 6.96. The van der Waals surface area contributed by atoms with E-state index < -0.39 is 0 Å². The fraction of sp³-hybridized carbons (Fsp3) is 0.667. The minimum atomic E-state index is -0.233. The van der Waals surface area contributed by atoms with Crippen LogP contribution < -0.4 is 10.2 Å². The summed E-state index contributed by atoms with van der Waals surface area (Å²) >= 11 is 0. The predicted octanol–water partition coefficient (Wildman–Crippen LogP) is 0.796. The quantitative estimate of drug-likeness (QED) is 0.872. The molecule has 3 atom stereocenters. The summed E-state index contributed by atoms with van der Waals surface area (Å²) in [7, 11) is 0. The van der Waals surface area contributed by atoms with Crippen molar-refractivity contribution in [2.75, 3.05) is 31.1 Å². The maximum atomic E-state index is 12.5. The molecule has 3 heterocycles. The molecule has 3 fully saturated rings. The lowest BCUT2D eigenvalue weighted by atomic mass is 9.92. The fourth-order valence-corrected chi connectivity index (χ4v) is 4.68. The molecule has 1 aromatic rings. The van der Waals surface area contributed by atoms with E-state index in [2.05, 4.69) is 26.3 Å². The molecule has 4 rings (SSSR count). The monoisotopic (exact) mass is 340 g/mol. The summed E-state index contributed by atoms with van der Waals surface area (Å²) in [6.45, 7) is 2.95. The number of nitrogens with one attached hydrogen (secondary N) is 1. The van der Waals surface area contributed by atoms with Crippen LogP contribution in [0.4, 0.5) is 5.95 Å². The highest BCUT2D eigenvalue weighted by Crippen LogP contribution is 2.37. The van der Waals surface area contributed by atoms with Gasteiger partial charge in [-0.15, -0.1) is 0 Å². The molecule has 3 aliphatic rings. The maximum absolute atomic E-state index is 12.5. The molecule has 132 valence electrons. The number of fused-ring (bicyclic) bond motifs is 2. The van der Waals surface area contributed by atoms with Crippen molar-refractivity contribution < 1.29 is 4.79 Å². The molecular formula is C18H24N6O. The molecule has 1 aromatic heterocycles. The van der Waals surface area contributed by atoms with E-state index in [0.717, 1.165) is 38.4 Å². The number of nitriles is 1. The zero-order valence-corrected chi connectivity index (χ0v) is 14.3. The van der Waals surface area contributed by atoms with Gasteiger partial charge in [0.05, 0.1) is 12.6 Å². The van der Waals surface area contributed by atoms with Crippen molar-refractivity contribution in [1.29, 1.82) is 5.26 Å². The van der Waals surface area contributed by atoms with Gasteiger partial charge >= 0.3 is 0 Å². The number of anilines is 1. The number of carbonyl (C=O) groups is 1. The van der Waals surface area contributed by atoms with E-state index in [1.807, 2.05) is 6.07 Å². The number of hydrogen-bond acceptors (Lipinski definition) is 6. The molecule has 2 bridgehead atoms. The number of hydrogen-bond donors (Lipinski definition) is 1. The number of aromatic nitrogens is 2. The van der Waals surface area contributed by atoms with Crippen LogP contribution in [0.5, 0.6) is 0 Å². The largest absolute Gasteiger partial charge is 0.340 e. The third-order valence-electron chi connectivity index (χ3n) is 5.88. The first-order valence-corrected chi connectivity index (χ1v) is 9.20. The second-order valence-corrected chi connectivity index (χ2v) is 7.33. The molecule has 2 saturated heterocycles. The van der Waals surface area contributed by atoms with Gasteiger partial charge in [0.25, 0.3) is 0 Å². The van der Waals surface area contributed by atoms with E-state index in [9.17, 15) is 4.79 Å². The lowest BCUT2D eigenvalue weighted by Crippen LogP contribution is -2.53. The third-order valence-corrected chi connectivity index (χ3v) is 5.88. The molecular weight excluding hydrogens is 316 g/mol. The Hall–Kier alpha value is -2.20. The first-order chi connectivity index (χ1) is 12.3. The Morgan fingerprint density at radius 3 is 2.64 bits per heavy atom. The summed E-state index contributed by atoms with van der Waals surface area (Å²) in [5, 5.41) is 12.7. The Morgan fingerprint density at radius 1 is 1.24 bits per heavy atom. The number of rotatable bonds is 4. The zero-order valence-electron chi connectivity index (χ0n) is 14.3. The van der Waals surface area contributed by atoms with Gasteiger partial charge in [0.1, 0.15) is 6.04 Å². The summed E-state index contributed by atoms with van der Waals surface area (Å²) in [4.78, 5) is 25.2. The minimum absolute atomic E-state index is 0.0669. The van der Waals surface area contributed by atoms with Crippen molar-refractivity contribution in [3.63, 3.8) is 0 Å². The van der Waals surface area contributed by atoms with E-state index >= 15 is 0 Å². The Labute approximate surface area is 148 Å². The van der Waals surface area contributed by atoms with Gasteiger partial charge in [-0.3, -0.25) is 4.79 Å². The number of amides is 1. The maximum Gasteiger partial charge on any atom is 0.237 e. The predicted molar refractivity (Wildman–Crippen MR) is 92.6 cm³/mol. The Morgan fingerprint density at radius 2 is 1.96 bits per heavy atom. The highest BCUT2D eigenvalue weighted by atomic mass is 16.2. The number of carbonyl (C=O) groups excluding carboxylic acids is 1. The van der Waals surface area contributed by atoms with Crippen LogP contribution in [0.3, 0.4) is 0 Å². The molecule has 25 heavy (non-hydrogen) atoms. The van der Waals surface area contributed by atoms with E-state index in [-0.39, 0.29) is 11.9 Å². The van der Waals surface area contributed by atoms with Crippen molar-refractivity contribution in [3.05, 3.63) is 18.5 Å². The molecule has 1 N–H and O–H groups in total. The molecule has 1 saturated carbocycles. The smallest absolute Gasteiger partial charge is 0.237 e. The third kappa shape index (κ3) is 3.19. The van der Waals surface area contributed by atoms with Crippen molar-refractivity contribution in [2.45, 2.75) is 37.8 Å². The van der Waals surface area contributed by atoms with Crippen LogP contribution in [0.25, 0.3) is 0 Å².